The summed E-state index contributed by atoms with van der Waals surface area (Å²) >= 11 is 0. The summed E-state index contributed by atoms with van der Waals surface area (Å²) in [6.07, 6.45) is 1.68. The molecule has 37 heavy (non-hydrogen) atoms. The minimum Gasteiger partial charge on any atom is -0.383 e. The Morgan fingerprint density at radius 3 is 2.30 bits per heavy atom. The summed E-state index contributed by atoms with van der Waals surface area (Å²) in [5.41, 5.74) is 11.6. The van der Waals surface area contributed by atoms with Crippen molar-refractivity contribution in [2.24, 2.45) is 5.10 Å². The minimum atomic E-state index is -0.417. The number of nitrogens with zero attached hydrogens (tertiary/aromatic N) is 4. The molecule has 0 saturated carbocycles. The maximum absolute atomic E-state index is 13.3. The zero-order valence-electron chi connectivity index (χ0n) is 20.9. The summed E-state index contributed by atoms with van der Waals surface area (Å²) in [5, 5.41) is 7.43. The molecular weight excluding hydrogens is 467 g/mol. The number of aromatic nitrogens is 3. The largest absolute Gasteiger partial charge is 0.383 e. The average molecular weight is 495 g/mol. The highest BCUT2D eigenvalue weighted by Gasteiger charge is 2.24. The minimum absolute atomic E-state index is 0.0452. The Hall–Kier alpha value is -4.59. The highest BCUT2D eigenvalue weighted by molar-refractivity contribution is 6.10. The number of carbonyl (C=O) groups is 1. The van der Waals surface area contributed by atoms with Gasteiger partial charge < -0.3 is 11.1 Å². The Bertz CT molecular complexity index is 1630. The third-order valence-electron chi connectivity index (χ3n) is 6.17. The second-order valence-electron chi connectivity index (χ2n) is 9.88. The highest BCUT2D eigenvalue weighted by atomic mass is 19.1. The van der Waals surface area contributed by atoms with E-state index in [0.29, 0.717) is 22.2 Å². The molecule has 3 aromatic carbocycles. The molecule has 8 heteroatoms. The van der Waals surface area contributed by atoms with Crippen LogP contribution in [0.15, 0.2) is 77.9 Å². The molecule has 1 amide bonds. The molecule has 0 atom stereocenters. The third-order valence-corrected chi connectivity index (χ3v) is 6.17. The third kappa shape index (κ3) is 4.91. The molecule has 2 heterocycles. The van der Waals surface area contributed by atoms with Crippen LogP contribution in [0.25, 0.3) is 22.2 Å². The van der Waals surface area contributed by atoms with E-state index in [9.17, 15) is 9.18 Å². The van der Waals surface area contributed by atoms with Gasteiger partial charge in [-0.1, -0.05) is 69.3 Å². The van der Waals surface area contributed by atoms with Gasteiger partial charge in [0, 0.05) is 6.54 Å². The fourth-order valence-corrected chi connectivity index (χ4v) is 4.05. The molecule has 0 aliphatic rings. The number of para-hydroxylation sites is 2. The van der Waals surface area contributed by atoms with Gasteiger partial charge in [-0.25, -0.2) is 14.4 Å². The summed E-state index contributed by atoms with van der Waals surface area (Å²) in [6.45, 7) is 6.69. The number of amides is 1. The molecule has 5 rings (SSSR count). The molecule has 5 aromatic rings. The lowest BCUT2D eigenvalue weighted by Gasteiger charge is -2.18. The number of hydrogen-bond donors (Lipinski definition) is 2. The van der Waals surface area contributed by atoms with Crippen LogP contribution in [0.3, 0.4) is 0 Å². The summed E-state index contributed by atoms with van der Waals surface area (Å²) in [7, 11) is 0. The van der Waals surface area contributed by atoms with E-state index in [1.807, 2.05) is 36.4 Å². The normalized spacial score (nSPS) is 12.0. The lowest BCUT2D eigenvalue weighted by atomic mass is 9.87. The van der Waals surface area contributed by atoms with Crippen LogP contribution in [0.1, 0.15) is 47.8 Å². The first-order valence-electron chi connectivity index (χ1n) is 11.9. The Labute approximate surface area is 213 Å². The van der Waals surface area contributed by atoms with Crippen LogP contribution in [-0.2, 0) is 12.0 Å². The maximum atomic E-state index is 13.3. The second-order valence-corrected chi connectivity index (χ2v) is 9.88. The van der Waals surface area contributed by atoms with Crippen LogP contribution in [-0.4, -0.2) is 26.8 Å². The first kappa shape index (κ1) is 24.1. The molecule has 0 aliphatic carbocycles. The van der Waals surface area contributed by atoms with E-state index >= 15 is 0 Å². The predicted octanol–water partition coefficient (Wildman–Crippen LogP) is 5.42. The van der Waals surface area contributed by atoms with Crippen LogP contribution in [0.2, 0.25) is 0 Å². The van der Waals surface area contributed by atoms with Gasteiger partial charge in [0.2, 0.25) is 0 Å². The number of carbonyl (C=O) groups excluding carboxylic acids is 1. The zero-order chi connectivity index (χ0) is 26.2. The topological polar surface area (TPSA) is 98.2 Å². The van der Waals surface area contributed by atoms with Crippen LogP contribution >= 0.6 is 0 Å². The van der Waals surface area contributed by atoms with E-state index in [2.05, 4.69) is 43.3 Å². The molecule has 0 spiro atoms. The number of fused-ring (bicyclic) bond motifs is 2. The van der Waals surface area contributed by atoms with E-state index < -0.39 is 5.91 Å². The van der Waals surface area contributed by atoms with Gasteiger partial charge in [0.1, 0.15) is 22.7 Å². The lowest BCUT2D eigenvalue weighted by molar-refractivity contribution is 0.0953. The monoisotopic (exact) mass is 494 g/mol. The second kappa shape index (κ2) is 9.46. The molecular formula is C29H27FN6O. The number of anilines is 1. The molecule has 186 valence electrons. The zero-order valence-corrected chi connectivity index (χ0v) is 20.9. The summed E-state index contributed by atoms with van der Waals surface area (Å²) in [5.74, 6) is -0.625. The van der Waals surface area contributed by atoms with Crippen molar-refractivity contribution in [2.75, 3.05) is 5.73 Å². The van der Waals surface area contributed by atoms with E-state index in [-0.39, 0.29) is 29.2 Å². The Morgan fingerprint density at radius 1 is 1.00 bits per heavy atom. The van der Waals surface area contributed by atoms with Gasteiger partial charge >= 0.3 is 0 Å². The number of hydrogen-bond acceptors (Lipinski definition) is 5. The first-order chi connectivity index (χ1) is 17.7. The van der Waals surface area contributed by atoms with Crippen molar-refractivity contribution in [1.29, 1.82) is 0 Å². The number of nitrogens with one attached hydrogen (secondary N) is 1. The van der Waals surface area contributed by atoms with Crippen LogP contribution in [0, 0.1) is 5.82 Å². The lowest BCUT2D eigenvalue weighted by Crippen LogP contribution is -2.23. The van der Waals surface area contributed by atoms with Crippen molar-refractivity contribution in [3.05, 3.63) is 101 Å². The SMILES string of the molecule is CC(C)(C)c1ccc(/C=N/n2c(N)c(C(=O)NCc3ccc(F)cc3)c3nc4ccccc4nc32)cc1. The molecule has 3 N–H and O–H groups in total. The van der Waals surface area contributed by atoms with E-state index in [0.717, 1.165) is 11.1 Å². The molecule has 0 aliphatic heterocycles. The molecule has 7 nitrogen and oxygen atoms in total. The molecule has 0 saturated heterocycles. The van der Waals surface area contributed by atoms with Gasteiger partial charge in [-0.2, -0.15) is 9.78 Å². The molecule has 0 radical (unpaired) electrons. The van der Waals surface area contributed by atoms with Gasteiger partial charge in [-0.3, -0.25) is 4.79 Å². The quantitative estimate of drug-likeness (QED) is 0.319. The molecule has 0 bridgehead atoms. The fraction of sp³-hybridized carbons (Fsp3) is 0.172. The predicted molar refractivity (Wildman–Crippen MR) is 145 cm³/mol. The summed E-state index contributed by atoms with van der Waals surface area (Å²) in [4.78, 5) is 22.7. The Balaban J connectivity index is 1.54. The van der Waals surface area contributed by atoms with Gasteiger partial charge in [0.15, 0.2) is 5.65 Å². The van der Waals surface area contributed by atoms with Crippen molar-refractivity contribution in [1.82, 2.24) is 20.0 Å². The maximum Gasteiger partial charge on any atom is 0.257 e. The summed E-state index contributed by atoms with van der Waals surface area (Å²) in [6, 6.07) is 21.5. The van der Waals surface area contributed by atoms with Gasteiger partial charge in [0.25, 0.3) is 5.91 Å². The van der Waals surface area contributed by atoms with E-state index in [1.165, 1.54) is 22.4 Å². The first-order valence-corrected chi connectivity index (χ1v) is 11.9. The van der Waals surface area contributed by atoms with Crippen LogP contribution in [0.5, 0.6) is 0 Å². The van der Waals surface area contributed by atoms with Crippen LogP contribution < -0.4 is 11.1 Å². The van der Waals surface area contributed by atoms with Gasteiger partial charge in [-0.15, -0.1) is 0 Å². The molecule has 0 fully saturated rings. The molecule has 2 aromatic heterocycles. The van der Waals surface area contributed by atoms with Crippen molar-refractivity contribution in [3.63, 3.8) is 0 Å². The molecule has 0 unspecified atom stereocenters. The van der Waals surface area contributed by atoms with Crippen molar-refractivity contribution in [3.8, 4) is 0 Å². The van der Waals surface area contributed by atoms with Gasteiger partial charge in [0.05, 0.1) is 17.2 Å². The number of halogens is 1. The van der Waals surface area contributed by atoms with E-state index in [4.69, 9.17) is 15.7 Å². The number of nitrogen functional groups attached to an aromatic ring is 1. The van der Waals surface area contributed by atoms with E-state index in [1.54, 1.807) is 18.3 Å². The van der Waals surface area contributed by atoms with Crippen molar-refractivity contribution >= 4 is 40.1 Å². The average Bonchev–Trinajstić information content (AvgIpc) is 3.15. The number of rotatable bonds is 5. The Kier molecular flexibility index (Phi) is 6.17. The van der Waals surface area contributed by atoms with Crippen molar-refractivity contribution < 1.29 is 9.18 Å². The fourth-order valence-electron chi connectivity index (χ4n) is 4.05. The van der Waals surface area contributed by atoms with Crippen molar-refractivity contribution in [2.45, 2.75) is 32.7 Å². The number of benzene rings is 3. The number of nitrogens with two attached hydrogens (primary N) is 1. The van der Waals surface area contributed by atoms with Crippen LogP contribution in [0.4, 0.5) is 10.2 Å². The van der Waals surface area contributed by atoms with Gasteiger partial charge in [-0.05, 0) is 46.4 Å². The smallest absolute Gasteiger partial charge is 0.257 e. The Morgan fingerprint density at radius 2 is 1.65 bits per heavy atom. The summed E-state index contributed by atoms with van der Waals surface area (Å²) < 4.78 is 14.7. The highest BCUT2D eigenvalue weighted by Crippen LogP contribution is 2.28. The standard InChI is InChI=1S/C29H27FN6O/c1-29(2,3)20-12-8-19(9-13-20)17-33-36-26(31)24(28(37)32-16-18-10-14-21(30)15-11-18)25-27(36)35-23-7-5-4-6-22(23)34-25/h4-15,17H,16,31H2,1-3H3,(H,32,37)/b33-17+.